The molecule has 2 saturated heterocycles. The van der Waals surface area contributed by atoms with E-state index in [4.69, 9.17) is 42.3 Å². The van der Waals surface area contributed by atoms with Crippen molar-refractivity contribution in [2.24, 2.45) is 28.6 Å². The Morgan fingerprint density at radius 1 is 1.05 bits per heavy atom. The molecule has 2 saturated carbocycles. The maximum atomic E-state index is 14.4. The number of esters is 6. The standard InChI is InChI=1S/C40H52O16/c1-11-20(2)33(53-24(6)44)36(47)54-35-34(51-19-41)32(21(3)40-29(55-40)14-26(39(35,40)9)25-12-13-49-17-25)38(8)27(15-30(45)48-10)37(7,18-50-22(4)42)56-31(46)16-28(38)52-23(5)43/h12-13,17,19-20,26-29,32-35H,3,11,14-16,18H2,1-2,4-10H3/t20-,26+,27+,28+,29-,32-,33-,34-,35+,37-,38-,39-,40-/m1/s1. The first-order chi connectivity index (χ1) is 26.3. The number of furan rings is 1. The number of cyclic esters (lactones) is 1. The van der Waals surface area contributed by atoms with Gasteiger partial charge in [0.2, 0.25) is 6.10 Å². The van der Waals surface area contributed by atoms with Gasteiger partial charge in [-0.15, -0.1) is 0 Å². The highest BCUT2D eigenvalue weighted by atomic mass is 16.6. The van der Waals surface area contributed by atoms with Crippen LogP contribution in [0.4, 0.5) is 0 Å². The van der Waals surface area contributed by atoms with Gasteiger partial charge in [-0.3, -0.25) is 28.8 Å². The largest absolute Gasteiger partial charge is 0.472 e. The van der Waals surface area contributed by atoms with Crippen LogP contribution in [0.25, 0.3) is 0 Å². The van der Waals surface area contributed by atoms with Gasteiger partial charge in [0.1, 0.15) is 36.1 Å². The number of carbonyl (C=O) groups excluding carboxylic acids is 7. The Labute approximate surface area is 325 Å². The SMILES string of the molecule is C=C1[C@@H]([C@@]2(C)[C@@H](OC(C)=O)CC(=O)O[C@](C)(COC(C)=O)[C@@H]2CC(=O)OC)[C@@H](OC=O)[C@H](OC(=O)[C@H](OC(C)=O)[C@H](C)CC)[C@@]2(C)[C@H](c3ccoc3)C[C@H]3O[C@]132. The number of rotatable bonds is 14. The first-order valence-corrected chi connectivity index (χ1v) is 18.7. The van der Waals surface area contributed by atoms with E-state index in [2.05, 4.69) is 6.58 Å². The maximum absolute atomic E-state index is 14.4. The van der Waals surface area contributed by atoms with E-state index in [1.54, 1.807) is 26.2 Å². The molecule has 0 bridgehead atoms. The molecule has 0 amide bonds. The van der Waals surface area contributed by atoms with Crippen LogP contribution in [0.15, 0.2) is 35.2 Å². The van der Waals surface area contributed by atoms with Gasteiger partial charge in [-0.1, -0.05) is 34.3 Å². The summed E-state index contributed by atoms with van der Waals surface area (Å²) in [6.07, 6.45) is -3.24. The normalized spacial score (nSPS) is 36.9. The van der Waals surface area contributed by atoms with Crippen molar-refractivity contribution in [2.45, 2.75) is 129 Å². The van der Waals surface area contributed by atoms with Crippen molar-refractivity contribution in [1.82, 2.24) is 0 Å². The predicted molar refractivity (Wildman–Crippen MR) is 190 cm³/mol. The Bertz CT molecular complexity index is 1740. The van der Waals surface area contributed by atoms with Crippen molar-refractivity contribution >= 4 is 42.3 Å². The lowest BCUT2D eigenvalue weighted by Gasteiger charge is -2.59. The third kappa shape index (κ3) is 6.98. The van der Waals surface area contributed by atoms with Gasteiger partial charge >= 0.3 is 35.8 Å². The van der Waals surface area contributed by atoms with Gasteiger partial charge in [-0.2, -0.15) is 0 Å². The highest BCUT2D eigenvalue weighted by Gasteiger charge is 2.85. The second kappa shape index (κ2) is 15.7. The minimum atomic E-state index is -1.78. The number of hydrogen-bond acceptors (Lipinski definition) is 16. The Morgan fingerprint density at radius 2 is 1.75 bits per heavy atom. The van der Waals surface area contributed by atoms with Crippen LogP contribution in [0.2, 0.25) is 0 Å². The fraction of sp³-hybridized carbons (Fsp3) is 0.675. The molecule has 4 fully saturated rings. The smallest absolute Gasteiger partial charge is 0.348 e. The molecule has 0 unspecified atom stereocenters. The minimum absolute atomic E-state index is 0.189. The first-order valence-electron chi connectivity index (χ1n) is 18.7. The molecular formula is C40H52O16. The van der Waals surface area contributed by atoms with Crippen LogP contribution in [0.3, 0.4) is 0 Å². The third-order valence-electron chi connectivity index (χ3n) is 12.9. The first kappa shape index (κ1) is 42.4. The van der Waals surface area contributed by atoms with Crippen molar-refractivity contribution in [3.63, 3.8) is 0 Å². The zero-order chi connectivity index (χ0) is 41.5. The molecule has 56 heavy (non-hydrogen) atoms. The van der Waals surface area contributed by atoms with Crippen LogP contribution >= 0.6 is 0 Å². The molecule has 1 spiro atoms. The van der Waals surface area contributed by atoms with Gasteiger partial charge in [0, 0.05) is 49.9 Å². The molecule has 0 radical (unpaired) electrons. The van der Waals surface area contributed by atoms with E-state index in [9.17, 15) is 33.6 Å². The molecule has 3 heterocycles. The molecule has 1 aromatic heterocycles. The summed E-state index contributed by atoms with van der Waals surface area (Å²) in [6, 6.07) is 1.78. The number of epoxide rings is 1. The fourth-order valence-electron chi connectivity index (χ4n) is 10.1. The highest BCUT2D eigenvalue weighted by molar-refractivity contribution is 5.79. The van der Waals surface area contributed by atoms with Gasteiger partial charge in [0.25, 0.3) is 6.47 Å². The quantitative estimate of drug-likeness (QED) is 0.0860. The number of hydrogen-bond donors (Lipinski definition) is 0. The van der Waals surface area contributed by atoms with E-state index in [0.29, 0.717) is 18.4 Å². The summed E-state index contributed by atoms with van der Waals surface area (Å²) >= 11 is 0. The molecule has 16 nitrogen and oxygen atoms in total. The van der Waals surface area contributed by atoms with Crippen molar-refractivity contribution in [3.05, 3.63) is 36.3 Å². The Morgan fingerprint density at radius 3 is 2.30 bits per heavy atom. The minimum Gasteiger partial charge on any atom is -0.472 e. The number of ether oxygens (including phenoxy) is 8. The number of methoxy groups -OCH3 is 1. The van der Waals surface area contributed by atoms with E-state index in [-0.39, 0.29) is 6.47 Å². The summed E-state index contributed by atoms with van der Waals surface area (Å²) in [6.45, 7) is 16.2. The van der Waals surface area contributed by atoms with Gasteiger partial charge in [-0.05, 0) is 37.0 Å². The van der Waals surface area contributed by atoms with E-state index < -0.39 is 131 Å². The van der Waals surface area contributed by atoms with E-state index in [1.165, 1.54) is 27.2 Å². The third-order valence-corrected chi connectivity index (χ3v) is 12.9. The Balaban J connectivity index is 1.81. The lowest BCUT2D eigenvalue weighted by atomic mass is 9.47. The molecule has 5 rings (SSSR count). The van der Waals surface area contributed by atoms with Crippen LogP contribution < -0.4 is 0 Å². The summed E-state index contributed by atoms with van der Waals surface area (Å²) in [5.41, 5.74) is -4.91. The molecule has 0 aromatic carbocycles. The monoisotopic (exact) mass is 788 g/mol. The van der Waals surface area contributed by atoms with E-state index in [1.807, 2.05) is 13.8 Å². The zero-order valence-electron chi connectivity index (χ0n) is 33.3. The Kier molecular flexibility index (Phi) is 11.9. The number of carbonyl (C=O) groups is 7. The van der Waals surface area contributed by atoms with E-state index in [0.717, 1.165) is 19.4 Å². The van der Waals surface area contributed by atoms with Gasteiger partial charge in [-0.25, -0.2) is 4.79 Å². The summed E-state index contributed by atoms with van der Waals surface area (Å²) in [5, 5.41) is 0. The van der Waals surface area contributed by atoms with Crippen LogP contribution in [-0.2, 0) is 71.5 Å². The van der Waals surface area contributed by atoms with Crippen LogP contribution in [-0.4, -0.2) is 97.7 Å². The van der Waals surface area contributed by atoms with Crippen molar-refractivity contribution in [1.29, 1.82) is 0 Å². The average Bonchev–Trinajstić information content (AvgIpc) is 3.49. The second-order valence-corrected chi connectivity index (χ2v) is 16.0. The Hall–Kier alpha value is -4.73. The van der Waals surface area contributed by atoms with Gasteiger partial charge in [0.05, 0.1) is 44.0 Å². The van der Waals surface area contributed by atoms with Crippen molar-refractivity contribution in [3.8, 4) is 0 Å². The molecule has 16 heteroatoms. The summed E-state index contributed by atoms with van der Waals surface area (Å²) in [7, 11) is 1.17. The molecular weight excluding hydrogens is 736 g/mol. The zero-order valence-corrected chi connectivity index (χ0v) is 33.3. The summed E-state index contributed by atoms with van der Waals surface area (Å²) in [5.74, 6) is -8.09. The van der Waals surface area contributed by atoms with Crippen LogP contribution in [0, 0.1) is 28.6 Å². The lowest BCUT2D eigenvalue weighted by molar-refractivity contribution is -0.226. The molecule has 4 aliphatic rings. The van der Waals surface area contributed by atoms with Crippen molar-refractivity contribution in [2.75, 3.05) is 13.7 Å². The van der Waals surface area contributed by atoms with Gasteiger partial charge in [0.15, 0.2) is 0 Å². The fourth-order valence-corrected chi connectivity index (χ4v) is 10.1. The molecule has 13 atom stereocenters. The molecule has 1 aromatic rings. The van der Waals surface area contributed by atoms with Crippen LogP contribution in [0.5, 0.6) is 0 Å². The highest BCUT2D eigenvalue weighted by Crippen LogP contribution is 2.76. The van der Waals surface area contributed by atoms with Gasteiger partial charge < -0.3 is 42.3 Å². The topological polar surface area (TPSA) is 210 Å². The second-order valence-electron chi connectivity index (χ2n) is 16.0. The predicted octanol–water partition coefficient (Wildman–Crippen LogP) is 3.91. The molecule has 2 aliphatic carbocycles. The molecule has 308 valence electrons. The summed E-state index contributed by atoms with van der Waals surface area (Å²) in [4.78, 5) is 91.7. The van der Waals surface area contributed by atoms with Crippen molar-refractivity contribution < 1.29 is 75.9 Å². The summed E-state index contributed by atoms with van der Waals surface area (Å²) < 4.78 is 52.7. The molecule has 0 N–H and O–H groups in total. The lowest BCUT2D eigenvalue weighted by Crippen LogP contribution is -2.68. The average molecular weight is 789 g/mol. The van der Waals surface area contributed by atoms with Crippen LogP contribution in [0.1, 0.15) is 92.6 Å². The molecule has 2 aliphatic heterocycles. The van der Waals surface area contributed by atoms with E-state index >= 15 is 0 Å². The maximum Gasteiger partial charge on any atom is 0.348 e.